The number of phenols is 1. The minimum Gasteiger partial charge on any atom is -0.505 e. The third kappa shape index (κ3) is 13.7. The van der Waals surface area contributed by atoms with Crippen molar-refractivity contribution in [2.24, 2.45) is 0 Å². The number of hydrogen-bond acceptors (Lipinski definition) is 32. The summed E-state index contributed by atoms with van der Waals surface area (Å²) in [5.41, 5.74) is -3.34. The fourth-order valence-corrected chi connectivity index (χ4v) is 15.3. The van der Waals surface area contributed by atoms with Crippen molar-refractivity contribution in [3.05, 3.63) is 21.2 Å². The van der Waals surface area contributed by atoms with E-state index in [1.165, 1.54) is 49.2 Å². The summed E-state index contributed by atoms with van der Waals surface area (Å²) in [5.74, 6) is -6.71. The van der Waals surface area contributed by atoms with Gasteiger partial charge in [0.25, 0.3) is 5.97 Å². The number of aliphatic hydroxyl groups excluding tert-OH is 4. The second-order valence-electron chi connectivity index (χ2n) is 26.2. The highest BCUT2D eigenvalue weighted by Gasteiger charge is 2.73. The zero-order valence-corrected chi connectivity index (χ0v) is 57.0. The summed E-state index contributed by atoms with van der Waals surface area (Å²) in [6.45, 7) is 13.7. The third-order valence-corrected chi connectivity index (χ3v) is 20.5. The zero-order valence-electron chi connectivity index (χ0n) is 55.5. The van der Waals surface area contributed by atoms with E-state index in [2.05, 4.69) is 0 Å². The number of ketones is 1. The zero-order chi connectivity index (χ0) is 69.4. The molecule has 0 radical (unpaired) electrons. The Morgan fingerprint density at radius 3 is 2.02 bits per heavy atom. The number of esters is 2. The van der Waals surface area contributed by atoms with Crippen LogP contribution in [0.5, 0.6) is 11.5 Å². The Kier molecular flexibility index (Phi) is 22.7. The number of benzene rings is 1. The molecular formula is C62H90Cl2O32. The second kappa shape index (κ2) is 29.4. The number of fused-ring (bicyclic) bond motifs is 4. The molecule has 0 aromatic heterocycles. The predicted octanol–water partition coefficient (Wildman–Crippen LogP) is 1.59. The minimum absolute atomic E-state index is 0.00425. The molecule has 6 N–H and O–H groups in total. The smallest absolute Gasteiger partial charge is 0.342 e. The van der Waals surface area contributed by atoms with E-state index in [9.17, 15) is 45.0 Å². The Morgan fingerprint density at radius 2 is 1.35 bits per heavy atom. The van der Waals surface area contributed by atoms with Crippen molar-refractivity contribution in [3.8, 4) is 11.5 Å². The van der Waals surface area contributed by atoms with Crippen molar-refractivity contribution >= 4 is 40.9 Å². The van der Waals surface area contributed by atoms with Crippen molar-refractivity contribution in [3.63, 3.8) is 0 Å². The second-order valence-corrected chi connectivity index (χ2v) is 27.0. The number of ether oxygens (including phenoxy) is 23. The Bertz CT molecular complexity index is 2890. The van der Waals surface area contributed by atoms with Crippen LogP contribution in [-0.4, -0.2) is 286 Å². The highest BCUT2D eigenvalue weighted by molar-refractivity contribution is 6.39. The van der Waals surface area contributed by atoms with Gasteiger partial charge in [-0.15, -0.1) is 0 Å². The highest BCUT2D eigenvalue weighted by atomic mass is 35.5. The van der Waals surface area contributed by atoms with Gasteiger partial charge in [-0.05, 0) is 67.4 Å². The molecule has 10 aliphatic heterocycles. The van der Waals surface area contributed by atoms with Gasteiger partial charge in [0.2, 0.25) is 6.29 Å². The summed E-state index contributed by atoms with van der Waals surface area (Å²) >= 11 is 12.5. The van der Waals surface area contributed by atoms with Gasteiger partial charge >= 0.3 is 17.9 Å². The lowest BCUT2D eigenvalue weighted by atomic mass is 9.81. The van der Waals surface area contributed by atoms with Crippen molar-refractivity contribution in [1.82, 2.24) is 0 Å². The molecular weight excluding hydrogens is 1330 g/mol. The molecule has 11 rings (SSSR count). The van der Waals surface area contributed by atoms with Gasteiger partial charge in [-0.25, -0.2) is 4.79 Å². The van der Waals surface area contributed by atoms with Crippen molar-refractivity contribution in [2.45, 2.75) is 290 Å². The van der Waals surface area contributed by atoms with Gasteiger partial charge < -0.3 is 140 Å². The third-order valence-electron chi connectivity index (χ3n) is 19.7. The number of carbonyl (C=O) groups excluding carboxylic acids is 3. The summed E-state index contributed by atoms with van der Waals surface area (Å²) < 4.78 is 142. The Morgan fingerprint density at radius 1 is 0.656 bits per heavy atom. The molecule has 10 heterocycles. The molecule has 10 saturated heterocycles. The molecule has 10 fully saturated rings. The van der Waals surface area contributed by atoms with E-state index in [0.29, 0.717) is 12.8 Å². The molecule has 544 valence electrons. The van der Waals surface area contributed by atoms with Gasteiger partial charge in [0, 0.05) is 40.6 Å². The molecule has 0 aliphatic carbocycles. The average Bonchev–Trinajstić information content (AvgIpc) is 1.54. The monoisotopic (exact) mass is 1420 g/mol. The van der Waals surface area contributed by atoms with Crippen LogP contribution in [-0.2, 0) is 114 Å². The Balaban J connectivity index is 0.724. The number of hydrogen-bond donors (Lipinski definition) is 6. The number of aliphatic hydroxyl groups is 5. The quantitative estimate of drug-likeness (QED) is 0.101. The number of phenolic OH excluding ortho intramolecular Hbond substituents is 1. The first-order chi connectivity index (χ1) is 45.5. The number of carbonyl (C=O) groups is 3. The van der Waals surface area contributed by atoms with Gasteiger partial charge in [0.05, 0.1) is 74.5 Å². The standard InChI is InChI=1S/C62H90Cl2O32/c1-14-15-16-34(68)85-51-47-33(93-62(94-47)54-53(79-22-80-54)61(73,28(7)65)29(8)92-62)21-78-57(51)90-58-50(77-13)41(70)46(32(84-58)20-74-10)89-56-42(71)49(45(75-11)25(4)83-56)87-36-19-59(9)52(27(6)82-36)95-60(96-59)18-31(67)44(26(5)91-60)86-35-17-30(66)43(24(3)81-35)88-55(72)37-23(2)38(63)40(69)39(64)48(37)76-12/h24-27,29-33,35-36,41-47,49-54,56-58,66-67,69-71,73H,14-22H2,1-13H3/t24-,25-,26-,27-,29-,30-,31-,32-,33+,35?,36?,41+,42?,43-,44-,45+,46-,47-,49?,50+,51-,52-,53-,54-,56+,57?,58+,59-,60?,61+,62?/m1/s1. The first-order valence-corrected chi connectivity index (χ1v) is 33.1. The van der Waals surface area contributed by atoms with E-state index in [1.807, 2.05) is 6.92 Å². The molecule has 2 spiro atoms. The normalized spacial score (nSPS) is 46.9. The first kappa shape index (κ1) is 74.2. The molecule has 32 nitrogen and oxygen atoms in total. The molecule has 1 aromatic rings. The predicted molar refractivity (Wildman–Crippen MR) is 317 cm³/mol. The van der Waals surface area contributed by atoms with Crippen LogP contribution >= 0.6 is 23.2 Å². The van der Waals surface area contributed by atoms with Crippen LogP contribution in [0.3, 0.4) is 0 Å². The van der Waals surface area contributed by atoms with Gasteiger partial charge in [-0.2, -0.15) is 0 Å². The number of Topliss-reactive ketones (excluding diaryl/α,β-unsaturated/α-hetero) is 1. The molecule has 0 saturated carbocycles. The maximum Gasteiger partial charge on any atom is 0.342 e. The maximum absolute atomic E-state index is 13.6. The lowest BCUT2D eigenvalue weighted by Crippen LogP contribution is -2.72. The lowest BCUT2D eigenvalue weighted by molar-refractivity contribution is -0.428. The molecule has 0 amide bonds. The van der Waals surface area contributed by atoms with Crippen LogP contribution in [0.25, 0.3) is 0 Å². The summed E-state index contributed by atoms with van der Waals surface area (Å²) in [6.07, 6.45) is -31.5. The molecule has 96 heavy (non-hydrogen) atoms. The minimum atomic E-state index is -2.12. The number of methoxy groups -OCH3 is 4. The molecule has 0 bridgehead atoms. The van der Waals surface area contributed by atoms with E-state index < -0.39 is 212 Å². The SMILES string of the molecule is CCCCC(=O)O[C@H]1C(O[C@@H]2O[C@H](COC)[C@@H](O[C@@H]3O[C@H](C)[C@H](OC)C(OC4C[C@@]5(C)OC6(C[C@@H](O)[C@H](OC7C[C@@H](O)[C@H](OC(=O)c8c(C)c(Cl)c(O)c(Cl)c8OC)[C@@H](C)O7)[C@@H](C)O6)O[C@@H]5[C@@H](C)O4)C3O)[C@H](O)[C@@H]2OC)OC[C@@H]2OC3(O[C@H]21)O[C@H](C)[C@@](O)(C(C)=O)[C@@H]1OCO[C@H]13. The van der Waals surface area contributed by atoms with Crippen molar-refractivity contribution < 1.29 is 154 Å². The van der Waals surface area contributed by atoms with Crippen LogP contribution < -0.4 is 4.74 Å². The first-order valence-electron chi connectivity index (χ1n) is 32.3. The average molecular weight is 1420 g/mol. The number of aromatic hydroxyl groups is 1. The van der Waals surface area contributed by atoms with Crippen LogP contribution in [0.1, 0.15) is 110 Å². The van der Waals surface area contributed by atoms with E-state index in [0.717, 1.165) is 0 Å². The number of halogens is 2. The summed E-state index contributed by atoms with van der Waals surface area (Å²) in [4.78, 5) is 39.9. The van der Waals surface area contributed by atoms with E-state index in [4.69, 9.17) is 132 Å². The topological polar surface area (TPSA) is 385 Å². The van der Waals surface area contributed by atoms with Crippen LogP contribution in [0.15, 0.2) is 0 Å². The van der Waals surface area contributed by atoms with Crippen LogP contribution in [0, 0.1) is 6.92 Å². The van der Waals surface area contributed by atoms with Gasteiger partial charge in [-0.3, -0.25) is 9.59 Å². The van der Waals surface area contributed by atoms with Crippen LogP contribution in [0.2, 0.25) is 10.0 Å². The molecule has 31 atom stereocenters. The van der Waals surface area contributed by atoms with E-state index in [1.54, 1.807) is 34.6 Å². The summed E-state index contributed by atoms with van der Waals surface area (Å²) in [5, 5.41) is 69.1. The van der Waals surface area contributed by atoms with Gasteiger partial charge in [0.1, 0.15) is 96.2 Å². The van der Waals surface area contributed by atoms with Crippen molar-refractivity contribution in [1.29, 1.82) is 0 Å². The molecule has 10 aliphatic rings. The maximum atomic E-state index is 13.6. The number of rotatable bonds is 20. The molecule has 1 aromatic carbocycles. The van der Waals surface area contributed by atoms with Gasteiger partial charge in [0.15, 0.2) is 66.4 Å². The fraction of sp³-hybridized carbons (Fsp3) is 0.855. The van der Waals surface area contributed by atoms with E-state index in [-0.39, 0.29) is 72.6 Å². The Hall–Kier alpha value is -2.99. The summed E-state index contributed by atoms with van der Waals surface area (Å²) in [7, 11) is 5.37. The molecule has 7 unspecified atom stereocenters. The van der Waals surface area contributed by atoms with Crippen LogP contribution in [0.4, 0.5) is 0 Å². The fourth-order valence-electron chi connectivity index (χ4n) is 14.8. The van der Waals surface area contributed by atoms with E-state index >= 15 is 0 Å². The highest BCUT2D eigenvalue weighted by Crippen LogP contribution is 2.53. The van der Waals surface area contributed by atoms with Crippen molar-refractivity contribution in [2.75, 3.05) is 48.4 Å². The van der Waals surface area contributed by atoms with Gasteiger partial charge in [-0.1, -0.05) is 36.5 Å². The Labute approximate surface area is 563 Å². The largest absolute Gasteiger partial charge is 0.505 e. The lowest BCUT2D eigenvalue weighted by Gasteiger charge is -2.49. The molecule has 34 heteroatoms. The summed E-state index contributed by atoms with van der Waals surface area (Å²) in [6, 6.07) is 0. The number of unbranched alkanes of at least 4 members (excludes halogenated alkanes) is 1.